The Bertz CT molecular complexity index is 582. The third-order valence-corrected chi connectivity index (χ3v) is 2.54. The topological polar surface area (TPSA) is 81.6 Å². The maximum atomic E-state index is 11.7. The molecular weight excluding hydrogens is 284 g/mol. The van der Waals surface area contributed by atoms with Crippen molar-refractivity contribution in [3.63, 3.8) is 0 Å². The Morgan fingerprint density at radius 3 is 2.71 bits per heavy atom. The fraction of sp³-hybridized carbons (Fsp3) is 0. The second-order valence-electron chi connectivity index (χ2n) is 3.22. The SMILES string of the molecule is N#Cc1cnc(C(=O)Nc2ccc(Br)cc2)[nH]1. The Morgan fingerprint density at radius 1 is 1.41 bits per heavy atom. The lowest BCUT2D eigenvalue weighted by atomic mass is 10.3. The zero-order valence-electron chi connectivity index (χ0n) is 8.57. The number of nitrogens with zero attached hydrogens (tertiary/aromatic N) is 2. The first-order chi connectivity index (χ1) is 8.19. The molecule has 0 bridgehead atoms. The number of aromatic amines is 1. The fourth-order valence-electron chi connectivity index (χ4n) is 1.22. The molecule has 0 saturated carbocycles. The van der Waals surface area contributed by atoms with Gasteiger partial charge in [0.05, 0.1) is 6.20 Å². The minimum Gasteiger partial charge on any atom is -0.326 e. The van der Waals surface area contributed by atoms with Crippen LogP contribution in [0.25, 0.3) is 0 Å². The van der Waals surface area contributed by atoms with Gasteiger partial charge in [0, 0.05) is 10.2 Å². The van der Waals surface area contributed by atoms with Crippen molar-refractivity contribution in [3.8, 4) is 6.07 Å². The second kappa shape index (κ2) is 4.80. The maximum Gasteiger partial charge on any atom is 0.291 e. The minimum absolute atomic E-state index is 0.115. The number of aromatic nitrogens is 2. The summed E-state index contributed by atoms with van der Waals surface area (Å²) in [5, 5.41) is 11.3. The van der Waals surface area contributed by atoms with E-state index < -0.39 is 0 Å². The number of nitriles is 1. The summed E-state index contributed by atoms with van der Waals surface area (Å²) in [5.74, 6) is -0.265. The molecule has 5 nitrogen and oxygen atoms in total. The van der Waals surface area contributed by atoms with Crippen LogP contribution in [-0.4, -0.2) is 15.9 Å². The molecule has 0 saturated heterocycles. The average Bonchev–Trinajstić information content (AvgIpc) is 2.81. The molecule has 0 atom stereocenters. The van der Waals surface area contributed by atoms with E-state index in [1.54, 1.807) is 12.1 Å². The number of rotatable bonds is 2. The maximum absolute atomic E-state index is 11.7. The normalized spacial score (nSPS) is 9.65. The summed E-state index contributed by atoms with van der Waals surface area (Å²) in [6, 6.07) is 9.03. The molecule has 0 unspecified atom stereocenters. The van der Waals surface area contributed by atoms with Crippen LogP contribution in [0.5, 0.6) is 0 Å². The first-order valence-corrected chi connectivity index (χ1v) is 5.50. The Hall–Kier alpha value is -2.13. The standard InChI is InChI=1S/C11H7BrN4O/c12-7-1-3-8(4-2-7)16-11(17)10-14-6-9(5-13)15-10/h1-4,6H,(H,14,15)(H,16,17). The number of imidazole rings is 1. The van der Waals surface area contributed by atoms with Gasteiger partial charge in [-0.1, -0.05) is 15.9 Å². The molecule has 0 spiro atoms. The van der Waals surface area contributed by atoms with Crippen LogP contribution in [0.2, 0.25) is 0 Å². The van der Waals surface area contributed by atoms with Crippen molar-refractivity contribution in [1.82, 2.24) is 9.97 Å². The predicted molar refractivity (Wildman–Crippen MR) is 65.4 cm³/mol. The van der Waals surface area contributed by atoms with E-state index in [0.29, 0.717) is 5.69 Å². The van der Waals surface area contributed by atoms with Crippen LogP contribution in [0, 0.1) is 11.3 Å². The average molecular weight is 291 g/mol. The second-order valence-corrected chi connectivity index (χ2v) is 4.13. The summed E-state index contributed by atoms with van der Waals surface area (Å²) in [4.78, 5) is 18.1. The van der Waals surface area contributed by atoms with Crippen molar-refractivity contribution in [1.29, 1.82) is 5.26 Å². The number of H-pyrrole nitrogens is 1. The van der Waals surface area contributed by atoms with Crippen LogP contribution < -0.4 is 5.32 Å². The van der Waals surface area contributed by atoms with E-state index >= 15 is 0 Å². The monoisotopic (exact) mass is 290 g/mol. The largest absolute Gasteiger partial charge is 0.326 e. The van der Waals surface area contributed by atoms with Gasteiger partial charge in [0.15, 0.2) is 5.82 Å². The first kappa shape index (κ1) is 11.4. The molecule has 1 amide bonds. The number of amides is 1. The van der Waals surface area contributed by atoms with E-state index in [9.17, 15) is 4.79 Å². The summed E-state index contributed by atoms with van der Waals surface area (Å²) in [6.45, 7) is 0. The number of hydrogen-bond donors (Lipinski definition) is 2. The highest BCUT2D eigenvalue weighted by Crippen LogP contribution is 2.14. The number of benzene rings is 1. The third-order valence-electron chi connectivity index (χ3n) is 2.01. The van der Waals surface area contributed by atoms with Crippen molar-refractivity contribution in [2.75, 3.05) is 5.32 Å². The van der Waals surface area contributed by atoms with Gasteiger partial charge in [-0.05, 0) is 24.3 Å². The molecule has 2 rings (SSSR count). The zero-order chi connectivity index (χ0) is 12.3. The van der Waals surface area contributed by atoms with Crippen LogP contribution in [0.1, 0.15) is 16.3 Å². The highest BCUT2D eigenvalue weighted by atomic mass is 79.9. The predicted octanol–water partition coefficient (Wildman–Crippen LogP) is 2.30. The summed E-state index contributed by atoms with van der Waals surface area (Å²) >= 11 is 3.30. The number of anilines is 1. The van der Waals surface area contributed by atoms with Gasteiger partial charge in [-0.25, -0.2) is 4.98 Å². The van der Waals surface area contributed by atoms with Crippen molar-refractivity contribution in [3.05, 3.63) is 46.5 Å². The van der Waals surface area contributed by atoms with Gasteiger partial charge in [0.2, 0.25) is 0 Å². The van der Waals surface area contributed by atoms with E-state index in [0.717, 1.165) is 4.47 Å². The van der Waals surface area contributed by atoms with Gasteiger partial charge in [0.1, 0.15) is 11.8 Å². The van der Waals surface area contributed by atoms with Crippen molar-refractivity contribution >= 4 is 27.5 Å². The van der Waals surface area contributed by atoms with E-state index in [1.165, 1.54) is 6.20 Å². The molecule has 17 heavy (non-hydrogen) atoms. The van der Waals surface area contributed by atoms with Gasteiger partial charge in [-0.2, -0.15) is 5.26 Å². The lowest BCUT2D eigenvalue weighted by Crippen LogP contribution is -2.13. The molecule has 6 heteroatoms. The molecule has 0 radical (unpaired) electrons. The van der Waals surface area contributed by atoms with Gasteiger partial charge in [-0.3, -0.25) is 4.79 Å². The molecular formula is C11H7BrN4O. The summed E-state index contributed by atoms with van der Waals surface area (Å²) in [6.07, 6.45) is 1.32. The third kappa shape index (κ3) is 2.71. The van der Waals surface area contributed by atoms with Crippen molar-refractivity contribution < 1.29 is 4.79 Å². The first-order valence-electron chi connectivity index (χ1n) is 4.71. The Kier molecular flexibility index (Phi) is 3.21. The Morgan fingerprint density at radius 2 is 2.12 bits per heavy atom. The zero-order valence-corrected chi connectivity index (χ0v) is 10.2. The number of halogens is 1. The van der Waals surface area contributed by atoms with Crippen LogP contribution >= 0.6 is 15.9 Å². The van der Waals surface area contributed by atoms with Gasteiger partial charge >= 0.3 is 0 Å². The van der Waals surface area contributed by atoms with Gasteiger partial charge < -0.3 is 10.3 Å². The number of carbonyl (C=O) groups excluding carboxylic acids is 1. The van der Waals surface area contributed by atoms with E-state index in [-0.39, 0.29) is 17.4 Å². The molecule has 0 fully saturated rings. The van der Waals surface area contributed by atoms with E-state index in [4.69, 9.17) is 5.26 Å². The van der Waals surface area contributed by atoms with E-state index in [2.05, 4.69) is 31.2 Å². The fourth-order valence-corrected chi connectivity index (χ4v) is 1.48. The smallest absolute Gasteiger partial charge is 0.291 e. The molecule has 2 N–H and O–H groups in total. The van der Waals surface area contributed by atoms with E-state index in [1.807, 2.05) is 18.2 Å². The molecule has 1 heterocycles. The van der Waals surface area contributed by atoms with Gasteiger partial charge in [-0.15, -0.1) is 0 Å². The van der Waals surface area contributed by atoms with Crippen LogP contribution in [0.4, 0.5) is 5.69 Å². The molecule has 0 aliphatic heterocycles. The molecule has 1 aromatic carbocycles. The number of carbonyl (C=O) groups is 1. The quantitative estimate of drug-likeness (QED) is 0.890. The van der Waals surface area contributed by atoms with Crippen LogP contribution in [0.15, 0.2) is 34.9 Å². The Labute approximate surface area is 106 Å². The molecule has 0 aliphatic rings. The number of nitrogens with one attached hydrogen (secondary N) is 2. The molecule has 1 aromatic heterocycles. The van der Waals surface area contributed by atoms with Crippen molar-refractivity contribution in [2.45, 2.75) is 0 Å². The van der Waals surface area contributed by atoms with Crippen LogP contribution in [0.3, 0.4) is 0 Å². The molecule has 0 aliphatic carbocycles. The van der Waals surface area contributed by atoms with Gasteiger partial charge in [0.25, 0.3) is 5.91 Å². The van der Waals surface area contributed by atoms with Crippen LogP contribution in [-0.2, 0) is 0 Å². The molecule has 84 valence electrons. The highest BCUT2D eigenvalue weighted by molar-refractivity contribution is 9.10. The van der Waals surface area contributed by atoms with Crippen molar-refractivity contribution in [2.24, 2.45) is 0 Å². The number of hydrogen-bond acceptors (Lipinski definition) is 3. The molecule has 2 aromatic rings. The summed E-state index contributed by atoms with van der Waals surface area (Å²) in [7, 11) is 0. The highest BCUT2D eigenvalue weighted by Gasteiger charge is 2.10. The lowest BCUT2D eigenvalue weighted by Gasteiger charge is -2.02. The Balaban J connectivity index is 2.12. The minimum atomic E-state index is -0.381. The lowest BCUT2D eigenvalue weighted by molar-refractivity contribution is 0.101. The summed E-state index contributed by atoms with van der Waals surface area (Å²) in [5.41, 5.74) is 0.916. The summed E-state index contributed by atoms with van der Waals surface area (Å²) < 4.78 is 0.931.